The Labute approximate surface area is 144 Å². The third kappa shape index (κ3) is 5.53. The molecule has 0 heterocycles. The quantitative estimate of drug-likeness (QED) is 0.597. The summed E-state index contributed by atoms with van der Waals surface area (Å²) in [5.74, 6) is -2.12. The first-order valence-electron chi connectivity index (χ1n) is 7.54. The Balaban J connectivity index is 1.83. The molecule has 6 heteroatoms. The highest BCUT2D eigenvalue weighted by molar-refractivity contribution is 5.89. The van der Waals surface area contributed by atoms with Crippen LogP contribution >= 0.6 is 0 Å². The number of carbonyl (C=O) groups excluding carboxylic acids is 2. The van der Waals surface area contributed by atoms with Gasteiger partial charge in [-0.05, 0) is 18.2 Å². The summed E-state index contributed by atoms with van der Waals surface area (Å²) in [6.45, 7) is -0.417. The molecular weight excluding hydrogens is 328 g/mol. The number of rotatable bonds is 6. The molecule has 130 valence electrons. The minimum Gasteiger partial charge on any atom is -0.452 e. The lowest BCUT2D eigenvalue weighted by Gasteiger charge is -2.17. The first kappa shape index (κ1) is 18.3. The van der Waals surface area contributed by atoms with Crippen molar-refractivity contribution in [1.82, 2.24) is 4.90 Å². The summed E-state index contributed by atoms with van der Waals surface area (Å²) < 4.78 is 31.8. The van der Waals surface area contributed by atoms with Crippen molar-refractivity contribution < 1.29 is 23.1 Å². The van der Waals surface area contributed by atoms with E-state index in [9.17, 15) is 18.4 Å². The molecule has 0 fully saturated rings. The van der Waals surface area contributed by atoms with E-state index in [2.05, 4.69) is 0 Å². The van der Waals surface area contributed by atoms with Crippen molar-refractivity contribution >= 4 is 18.0 Å². The molecule has 0 atom stereocenters. The van der Waals surface area contributed by atoms with Crippen molar-refractivity contribution in [2.24, 2.45) is 0 Å². The summed E-state index contributed by atoms with van der Waals surface area (Å²) in [5.41, 5.74) is 0.603. The minimum atomic E-state index is -0.768. The molecular formula is C19H17F2NO3. The molecule has 0 bridgehead atoms. The second-order valence-electron chi connectivity index (χ2n) is 5.30. The maximum absolute atomic E-state index is 13.6. The maximum atomic E-state index is 13.6. The van der Waals surface area contributed by atoms with E-state index >= 15 is 0 Å². The topological polar surface area (TPSA) is 46.6 Å². The molecule has 0 aliphatic carbocycles. The van der Waals surface area contributed by atoms with Gasteiger partial charge in [0.25, 0.3) is 5.91 Å². The molecule has 1 amide bonds. The zero-order valence-electron chi connectivity index (χ0n) is 13.6. The zero-order valence-corrected chi connectivity index (χ0v) is 13.6. The Hall–Kier alpha value is -3.02. The zero-order chi connectivity index (χ0) is 18.2. The van der Waals surface area contributed by atoms with Crippen LogP contribution in [0.4, 0.5) is 8.78 Å². The third-order valence-electron chi connectivity index (χ3n) is 3.43. The molecule has 0 aromatic heterocycles. The molecule has 2 aromatic carbocycles. The molecule has 25 heavy (non-hydrogen) atoms. The van der Waals surface area contributed by atoms with E-state index in [0.717, 1.165) is 6.08 Å². The standard InChI is InChI=1S/C19H17F2NO3/c1-22(12-15-7-3-5-9-17(15)21)18(23)13-25-19(24)11-10-14-6-2-4-8-16(14)20/h2-11H,12-13H2,1H3/b11-10+. The van der Waals surface area contributed by atoms with E-state index in [4.69, 9.17) is 4.74 Å². The normalized spacial score (nSPS) is 10.7. The summed E-state index contributed by atoms with van der Waals surface area (Å²) in [4.78, 5) is 24.8. The molecule has 0 aliphatic heterocycles. The largest absolute Gasteiger partial charge is 0.452 e. The van der Waals surface area contributed by atoms with Crippen molar-refractivity contribution in [3.63, 3.8) is 0 Å². The van der Waals surface area contributed by atoms with Gasteiger partial charge >= 0.3 is 5.97 Å². The fourth-order valence-corrected chi connectivity index (χ4v) is 2.03. The van der Waals surface area contributed by atoms with Crippen molar-refractivity contribution in [2.45, 2.75) is 6.54 Å². The second kappa shape index (κ2) is 8.73. The van der Waals surface area contributed by atoms with Crippen LogP contribution in [0, 0.1) is 11.6 Å². The van der Waals surface area contributed by atoms with Crippen LogP contribution in [0.15, 0.2) is 54.6 Å². The number of carbonyl (C=O) groups is 2. The van der Waals surface area contributed by atoms with Crippen LogP contribution in [0.3, 0.4) is 0 Å². The van der Waals surface area contributed by atoms with E-state index in [1.165, 1.54) is 42.3 Å². The van der Waals surface area contributed by atoms with E-state index in [1.807, 2.05) is 0 Å². The summed E-state index contributed by atoms with van der Waals surface area (Å²) in [5, 5.41) is 0. The monoisotopic (exact) mass is 345 g/mol. The SMILES string of the molecule is CN(Cc1ccccc1F)C(=O)COC(=O)/C=C/c1ccccc1F. The smallest absolute Gasteiger partial charge is 0.331 e. The Bertz CT molecular complexity index is 790. The highest BCUT2D eigenvalue weighted by Crippen LogP contribution is 2.10. The van der Waals surface area contributed by atoms with Crippen molar-refractivity contribution in [3.05, 3.63) is 77.4 Å². The number of ether oxygens (including phenoxy) is 1. The van der Waals surface area contributed by atoms with Crippen LogP contribution in [-0.2, 0) is 20.9 Å². The van der Waals surface area contributed by atoms with Gasteiger partial charge in [0, 0.05) is 30.8 Å². The minimum absolute atomic E-state index is 0.0636. The van der Waals surface area contributed by atoms with E-state index < -0.39 is 30.1 Å². The second-order valence-corrected chi connectivity index (χ2v) is 5.30. The third-order valence-corrected chi connectivity index (χ3v) is 3.43. The fourth-order valence-electron chi connectivity index (χ4n) is 2.03. The van der Waals surface area contributed by atoms with Gasteiger partial charge in [-0.2, -0.15) is 0 Å². The average molecular weight is 345 g/mol. The molecule has 2 rings (SSSR count). The van der Waals surface area contributed by atoms with Gasteiger partial charge in [0.1, 0.15) is 11.6 Å². The van der Waals surface area contributed by atoms with Crippen LogP contribution in [0.2, 0.25) is 0 Å². The van der Waals surface area contributed by atoms with Crippen molar-refractivity contribution in [3.8, 4) is 0 Å². The summed E-state index contributed by atoms with van der Waals surface area (Å²) in [6, 6.07) is 12.1. The predicted molar refractivity (Wildman–Crippen MR) is 89.3 cm³/mol. The molecule has 0 radical (unpaired) electrons. The molecule has 0 saturated carbocycles. The van der Waals surface area contributed by atoms with Crippen LogP contribution < -0.4 is 0 Å². The molecule has 0 saturated heterocycles. The summed E-state index contributed by atoms with van der Waals surface area (Å²) in [7, 11) is 1.48. The van der Waals surface area contributed by atoms with Crippen molar-refractivity contribution in [1.29, 1.82) is 0 Å². The number of amides is 1. The lowest BCUT2D eigenvalue weighted by Crippen LogP contribution is -2.30. The Morgan fingerprint density at radius 2 is 1.68 bits per heavy atom. The Morgan fingerprint density at radius 1 is 1.04 bits per heavy atom. The highest BCUT2D eigenvalue weighted by atomic mass is 19.1. The summed E-state index contributed by atoms with van der Waals surface area (Å²) in [6.07, 6.45) is 2.31. The van der Waals surface area contributed by atoms with E-state index in [-0.39, 0.29) is 12.1 Å². The fraction of sp³-hybridized carbons (Fsp3) is 0.158. The number of hydrogen-bond acceptors (Lipinski definition) is 3. The van der Waals surface area contributed by atoms with E-state index in [1.54, 1.807) is 24.3 Å². The number of benzene rings is 2. The first-order chi connectivity index (χ1) is 12.0. The number of esters is 1. The molecule has 0 unspecified atom stereocenters. The lowest BCUT2D eigenvalue weighted by atomic mass is 10.2. The molecule has 2 aromatic rings. The van der Waals surface area contributed by atoms with E-state index in [0.29, 0.717) is 5.56 Å². The number of nitrogens with zero attached hydrogens (tertiary/aromatic N) is 1. The number of likely N-dealkylation sites (N-methyl/N-ethyl adjacent to an activating group) is 1. The molecule has 0 spiro atoms. The molecule has 0 aliphatic rings. The number of hydrogen-bond donors (Lipinski definition) is 0. The average Bonchev–Trinajstić information content (AvgIpc) is 2.60. The van der Waals surface area contributed by atoms with Crippen LogP contribution in [0.5, 0.6) is 0 Å². The van der Waals surface area contributed by atoms with Gasteiger partial charge < -0.3 is 9.64 Å². The van der Waals surface area contributed by atoms with Gasteiger partial charge in [0.2, 0.25) is 0 Å². The van der Waals surface area contributed by atoms with Gasteiger partial charge in [-0.3, -0.25) is 4.79 Å². The highest BCUT2D eigenvalue weighted by Gasteiger charge is 2.13. The number of halogens is 2. The van der Waals surface area contributed by atoms with Gasteiger partial charge in [-0.1, -0.05) is 36.4 Å². The maximum Gasteiger partial charge on any atom is 0.331 e. The Morgan fingerprint density at radius 3 is 2.36 bits per heavy atom. The lowest BCUT2D eigenvalue weighted by molar-refractivity contribution is -0.147. The molecule has 4 nitrogen and oxygen atoms in total. The van der Waals surface area contributed by atoms with Gasteiger partial charge in [0.15, 0.2) is 6.61 Å². The van der Waals surface area contributed by atoms with Crippen LogP contribution in [-0.4, -0.2) is 30.4 Å². The van der Waals surface area contributed by atoms with Crippen molar-refractivity contribution in [2.75, 3.05) is 13.7 Å². The first-order valence-corrected chi connectivity index (χ1v) is 7.54. The Kier molecular flexibility index (Phi) is 6.39. The predicted octanol–water partition coefficient (Wildman–Crippen LogP) is 3.18. The van der Waals surface area contributed by atoms with Crippen LogP contribution in [0.25, 0.3) is 6.08 Å². The van der Waals surface area contributed by atoms with Gasteiger partial charge in [0.05, 0.1) is 0 Å². The summed E-state index contributed by atoms with van der Waals surface area (Å²) >= 11 is 0. The van der Waals surface area contributed by atoms with Crippen LogP contribution in [0.1, 0.15) is 11.1 Å². The van der Waals surface area contributed by atoms with Gasteiger partial charge in [-0.25, -0.2) is 13.6 Å². The van der Waals surface area contributed by atoms with Gasteiger partial charge in [-0.15, -0.1) is 0 Å². The molecule has 0 N–H and O–H groups in total.